The first-order valence-electron chi connectivity index (χ1n) is 9.47. The van der Waals surface area contributed by atoms with E-state index in [2.05, 4.69) is 4.98 Å². The van der Waals surface area contributed by atoms with Crippen LogP contribution in [-0.2, 0) is 11.3 Å². The van der Waals surface area contributed by atoms with Gasteiger partial charge in [0.05, 0.1) is 34.6 Å². The van der Waals surface area contributed by atoms with Crippen molar-refractivity contribution < 1.29 is 24.2 Å². The number of nitro groups is 2. The van der Waals surface area contributed by atoms with Crippen molar-refractivity contribution in [2.45, 2.75) is 33.7 Å². The van der Waals surface area contributed by atoms with Crippen LogP contribution in [0.25, 0.3) is 0 Å². The Hall–Kier alpha value is -3.41. The van der Waals surface area contributed by atoms with Crippen LogP contribution in [0.2, 0.25) is 0 Å². The number of aromatic nitrogens is 1. The summed E-state index contributed by atoms with van der Waals surface area (Å²) in [5, 5.41) is 24.3. The largest absolute Gasteiger partial charge is 0.461 e. The zero-order valence-electron chi connectivity index (χ0n) is 17.3. The molecule has 0 aliphatic rings. The van der Waals surface area contributed by atoms with Crippen molar-refractivity contribution in [2.75, 3.05) is 13.2 Å². The third kappa shape index (κ3) is 6.54. The van der Waals surface area contributed by atoms with Crippen LogP contribution >= 0.6 is 11.3 Å². The molecule has 0 unspecified atom stereocenters. The molecule has 1 amide bonds. The van der Waals surface area contributed by atoms with Crippen molar-refractivity contribution in [3.63, 3.8) is 0 Å². The Kier molecular flexibility index (Phi) is 8.14. The second kappa shape index (κ2) is 10.6. The molecular weight excluding hydrogens is 428 g/mol. The number of carbonyl (C=O) groups is 2. The molecule has 31 heavy (non-hydrogen) atoms. The molecule has 0 saturated heterocycles. The molecule has 0 spiro atoms. The number of rotatable bonds is 10. The third-order valence-electron chi connectivity index (χ3n) is 4.20. The summed E-state index contributed by atoms with van der Waals surface area (Å²) in [5.41, 5.74) is -1.11. The van der Waals surface area contributed by atoms with Crippen LogP contribution in [0.5, 0.6) is 0 Å². The molecule has 0 saturated carbocycles. The average Bonchev–Trinajstić information content (AvgIpc) is 3.19. The van der Waals surface area contributed by atoms with Gasteiger partial charge >= 0.3 is 5.97 Å². The number of nitro benzene ring substituents is 2. The van der Waals surface area contributed by atoms with Crippen molar-refractivity contribution in [3.05, 3.63) is 60.1 Å². The topological polar surface area (TPSA) is 146 Å². The molecule has 0 atom stereocenters. The molecule has 1 aromatic heterocycles. The number of ether oxygens (including phenoxy) is 1. The number of hydrogen-bond acceptors (Lipinski definition) is 9. The Balaban J connectivity index is 2.35. The highest BCUT2D eigenvalue weighted by Gasteiger charge is 2.24. The fraction of sp³-hybridized carbons (Fsp3) is 0.421. The highest BCUT2D eigenvalue weighted by molar-refractivity contribution is 7.09. The van der Waals surface area contributed by atoms with Gasteiger partial charge in [-0.15, -0.1) is 11.3 Å². The van der Waals surface area contributed by atoms with Crippen LogP contribution < -0.4 is 0 Å². The minimum Gasteiger partial charge on any atom is -0.461 e. The first kappa shape index (κ1) is 23.9. The van der Waals surface area contributed by atoms with Gasteiger partial charge in [-0.2, -0.15) is 0 Å². The first-order valence-corrected chi connectivity index (χ1v) is 10.3. The Morgan fingerprint density at radius 2 is 1.77 bits per heavy atom. The zero-order valence-corrected chi connectivity index (χ0v) is 18.1. The van der Waals surface area contributed by atoms with E-state index in [4.69, 9.17) is 4.74 Å². The van der Waals surface area contributed by atoms with Gasteiger partial charge in [0.1, 0.15) is 5.01 Å². The van der Waals surface area contributed by atoms with Crippen molar-refractivity contribution in [3.8, 4) is 0 Å². The Morgan fingerprint density at radius 3 is 2.29 bits per heavy atom. The Morgan fingerprint density at radius 1 is 1.16 bits per heavy atom. The predicted molar refractivity (Wildman–Crippen MR) is 112 cm³/mol. The lowest BCUT2D eigenvalue weighted by Crippen LogP contribution is -2.32. The lowest BCUT2D eigenvalue weighted by Gasteiger charge is -2.22. The van der Waals surface area contributed by atoms with E-state index in [9.17, 15) is 29.8 Å². The van der Waals surface area contributed by atoms with Gasteiger partial charge in [-0.25, -0.2) is 9.78 Å². The molecular formula is C19H22N4O7S. The fourth-order valence-corrected chi connectivity index (χ4v) is 3.40. The van der Waals surface area contributed by atoms with E-state index in [1.165, 1.54) is 21.6 Å². The molecule has 0 aliphatic carbocycles. The number of non-ortho nitro benzene ring substituents is 2. The molecule has 2 aromatic rings. The summed E-state index contributed by atoms with van der Waals surface area (Å²) in [6, 6.07) is 2.84. The number of nitrogens with zero attached hydrogens (tertiary/aromatic N) is 4. The summed E-state index contributed by atoms with van der Waals surface area (Å²) in [4.78, 5) is 51.3. The summed E-state index contributed by atoms with van der Waals surface area (Å²) in [6.45, 7) is 6.19. The Bertz CT molecular complexity index is 957. The molecule has 1 heterocycles. The van der Waals surface area contributed by atoms with Crippen LogP contribution in [0, 0.1) is 26.1 Å². The summed E-state index contributed by atoms with van der Waals surface area (Å²) >= 11 is 1.17. The van der Waals surface area contributed by atoms with E-state index in [-0.39, 0.29) is 30.3 Å². The predicted octanol–water partition coefficient (Wildman–Crippen LogP) is 3.82. The number of hydrogen-bond donors (Lipinski definition) is 0. The molecule has 0 bridgehead atoms. The summed E-state index contributed by atoms with van der Waals surface area (Å²) < 4.78 is 4.91. The number of carbonyl (C=O) groups excluding carboxylic acids is 2. The molecule has 1 aromatic carbocycles. The summed E-state index contributed by atoms with van der Waals surface area (Å²) in [5.74, 6) is -0.902. The zero-order chi connectivity index (χ0) is 23.1. The van der Waals surface area contributed by atoms with Gasteiger partial charge in [0.25, 0.3) is 17.3 Å². The molecule has 0 N–H and O–H groups in total. The molecule has 12 heteroatoms. The minimum absolute atomic E-state index is 0.0477. The van der Waals surface area contributed by atoms with Crippen LogP contribution in [0.3, 0.4) is 0 Å². The van der Waals surface area contributed by atoms with E-state index in [1.807, 2.05) is 13.8 Å². The normalized spacial score (nSPS) is 10.7. The maximum atomic E-state index is 13.1. The van der Waals surface area contributed by atoms with E-state index in [1.54, 1.807) is 6.92 Å². The van der Waals surface area contributed by atoms with E-state index in [0.29, 0.717) is 18.0 Å². The van der Waals surface area contributed by atoms with Gasteiger partial charge in [-0.1, -0.05) is 13.8 Å². The van der Waals surface area contributed by atoms with Crippen molar-refractivity contribution in [1.82, 2.24) is 9.88 Å². The standard InChI is InChI=1S/C19H22N4O7S/c1-4-30-19(25)16-11-31-17(20-16)10-21(6-5-12(2)3)18(24)13-7-14(22(26)27)9-15(8-13)23(28)29/h7-9,11-12H,4-6,10H2,1-3H3. The highest BCUT2D eigenvalue weighted by Crippen LogP contribution is 2.25. The SMILES string of the molecule is CCOC(=O)c1csc(CN(CCC(C)C)C(=O)c2cc([N+](=O)[O-])cc([N+](=O)[O-])c2)n1. The minimum atomic E-state index is -0.783. The third-order valence-corrected chi connectivity index (χ3v) is 5.03. The molecule has 0 aliphatic heterocycles. The number of benzene rings is 1. The smallest absolute Gasteiger partial charge is 0.357 e. The van der Waals surface area contributed by atoms with Gasteiger partial charge in [0, 0.05) is 24.1 Å². The van der Waals surface area contributed by atoms with Crippen molar-refractivity contribution >= 4 is 34.6 Å². The quantitative estimate of drug-likeness (QED) is 0.301. The second-order valence-electron chi connectivity index (χ2n) is 7.01. The maximum absolute atomic E-state index is 13.1. The number of esters is 1. The lowest BCUT2D eigenvalue weighted by atomic mass is 10.1. The lowest BCUT2D eigenvalue weighted by molar-refractivity contribution is -0.394. The van der Waals surface area contributed by atoms with Gasteiger partial charge in [0.15, 0.2) is 5.69 Å². The van der Waals surface area contributed by atoms with Crippen molar-refractivity contribution in [2.24, 2.45) is 5.92 Å². The monoisotopic (exact) mass is 450 g/mol. The first-order chi connectivity index (χ1) is 14.6. The summed E-state index contributed by atoms with van der Waals surface area (Å²) in [6.07, 6.45) is 0.638. The van der Waals surface area contributed by atoms with E-state index < -0.39 is 33.1 Å². The van der Waals surface area contributed by atoms with Crippen LogP contribution in [0.1, 0.15) is 53.0 Å². The van der Waals surface area contributed by atoms with E-state index >= 15 is 0 Å². The fourth-order valence-electron chi connectivity index (χ4n) is 2.62. The van der Waals surface area contributed by atoms with Crippen LogP contribution in [-0.4, -0.2) is 44.8 Å². The molecule has 0 radical (unpaired) electrons. The van der Waals surface area contributed by atoms with Gasteiger partial charge in [-0.3, -0.25) is 25.0 Å². The van der Waals surface area contributed by atoms with Crippen LogP contribution in [0.4, 0.5) is 11.4 Å². The van der Waals surface area contributed by atoms with E-state index in [0.717, 1.165) is 18.2 Å². The van der Waals surface area contributed by atoms with Gasteiger partial charge in [-0.05, 0) is 19.3 Å². The number of thiazole rings is 1. The second-order valence-corrected chi connectivity index (χ2v) is 7.95. The molecule has 0 fully saturated rings. The summed E-state index contributed by atoms with van der Waals surface area (Å²) in [7, 11) is 0. The van der Waals surface area contributed by atoms with Gasteiger partial charge in [0.2, 0.25) is 0 Å². The highest BCUT2D eigenvalue weighted by atomic mass is 32.1. The van der Waals surface area contributed by atoms with Gasteiger partial charge < -0.3 is 9.64 Å². The van der Waals surface area contributed by atoms with Crippen molar-refractivity contribution in [1.29, 1.82) is 0 Å². The molecule has 166 valence electrons. The average molecular weight is 450 g/mol. The maximum Gasteiger partial charge on any atom is 0.357 e. The Labute approximate surface area is 182 Å². The molecule has 11 nitrogen and oxygen atoms in total. The van der Waals surface area contributed by atoms with Crippen LogP contribution in [0.15, 0.2) is 23.6 Å². The molecule has 2 rings (SSSR count). The number of amides is 1.